The molecule has 2 N–H and O–H groups in total. The number of para-hydroxylation sites is 2. The summed E-state index contributed by atoms with van der Waals surface area (Å²) in [6.07, 6.45) is 7.22. The van der Waals surface area contributed by atoms with E-state index in [9.17, 15) is 9.59 Å². The molecule has 1 aliphatic heterocycles. The fraction of sp³-hybridized carbons (Fsp3) is 0.500. The molecule has 2 unspecified atom stereocenters. The molecule has 0 aromatic heterocycles. The van der Waals surface area contributed by atoms with Crippen LogP contribution in [-0.4, -0.2) is 42.4 Å². The van der Waals surface area contributed by atoms with Crippen LogP contribution in [0.5, 0.6) is 11.5 Å². The van der Waals surface area contributed by atoms with E-state index >= 15 is 0 Å². The highest BCUT2D eigenvalue weighted by molar-refractivity contribution is 5.90. The summed E-state index contributed by atoms with van der Waals surface area (Å²) in [7, 11) is 1.77. The molecule has 1 aliphatic carbocycles. The van der Waals surface area contributed by atoms with Crippen LogP contribution in [0, 0.1) is 5.92 Å². The summed E-state index contributed by atoms with van der Waals surface area (Å²) >= 11 is 0. The zero-order chi connectivity index (χ0) is 23.9. The lowest BCUT2D eigenvalue weighted by molar-refractivity contribution is -0.139. The van der Waals surface area contributed by atoms with E-state index in [0.717, 1.165) is 55.6 Å². The molecular weight excluding hydrogens is 426 g/mol. The number of nitrogens with zero attached hydrogens (tertiary/aromatic N) is 1. The van der Waals surface area contributed by atoms with Crippen molar-refractivity contribution in [2.24, 2.45) is 5.92 Å². The van der Waals surface area contributed by atoms with Gasteiger partial charge in [-0.2, -0.15) is 0 Å². The minimum Gasteiger partial charge on any atom is -0.457 e. The van der Waals surface area contributed by atoms with E-state index in [2.05, 4.69) is 16.7 Å². The van der Waals surface area contributed by atoms with Crippen LogP contribution < -0.4 is 15.4 Å². The van der Waals surface area contributed by atoms with Gasteiger partial charge >= 0.3 is 0 Å². The third kappa shape index (κ3) is 5.61. The average molecular weight is 464 g/mol. The second-order valence-corrected chi connectivity index (χ2v) is 9.54. The number of carbonyl (C=O) groups is 2. The van der Waals surface area contributed by atoms with Crippen molar-refractivity contribution in [3.8, 4) is 11.5 Å². The van der Waals surface area contributed by atoms with E-state index < -0.39 is 6.04 Å². The van der Waals surface area contributed by atoms with Crippen molar-refractivity contribution in [1.29, 1.82) is 0 Å². The van der Waals surface area contributed by atoms with Crippen LogP contribution in [0.3, 0.4) is 0 Å². The van der Waals surface area contributed by atoms with Gasteiger partial charge in [-0.25, -0.2) is 0 Å². The van der Waals surface area contributed by atoms with Gasteiger partial charge < -0.3 is 20.3 Å². The highest BCUT2D eigenvalue weighted by atomic mass is 16.5. The van der Waals surface area contributed by atoms with E-state index in [0.29, 0.717) is 6.54 Å². The van der Waals surface area contributed by atoms with Gasteiger partial charge in [0.2, 0.25) is 11.8 Å². The highest BCUT2D eigenvalue weighted by Crippen LogP contribution is 2.40. The number of likely N-dealkylation sites (tertiary alicyclic amines) is 1. The standard InChI is InChI=1S/C28H37N3O3/c1-20(29-2)27(32)30-26(21-12-5-3-6-13-21)28(33)31-19-11-17-24(31)23-16-9-10-18-25(23)34-22-14-7-4-8-15-22/h4,7-10,14-16,18,20-21,24,26,29H,3,5-6,11-13,17,19H2,1-2H3,(H,30,32)/t20?,24-,26?/m0/s1. The number of hydrogen-bond acceptors (Lipinski definition) is 4. The number of benzene rings is 2. The molecule has 1 saturated heterocycles. The third-order valence-electron chi connectivity index (χ3n) is 7.30. The summed E-state index contributed by atoms with van der Waals surface area (Å²) in [5, 5.41) is 6.11. The summed E-state index contributed by atoms with van der Waals surface area (Å²) in [6, 6.07) is 16.9. The SMILES string of the molecule is CNC(C)C(=O)NC(C(=O)N1CCC[C@H]1c1ccccc1Oc1ccccc1)C1CCCCC1. The van der Waals surface area contributed by atoms with Crippen LogP contribution >= 0.6 is 0 Å². The van der Waals surface area contributed by atoms with Crippen molar-refractivity contribution >= 4 is 11.8 Å². The number of nitrogens with one attached hydrogen (secondary N) is 2. The molecule has 2 aliphatic rings. The Kier molecular flexibility index (Phi) is 8.22. The second kappa shape index (κ2) is 11.5. The van der Waals surface area contributed by atoms with Crippen molar-refractivity contribution in [1.82, 2.24) is 15.5 Å². The van der Waals surface area contributed by atoms with Gasteiger partial charge in [-0.15, -0.1) is 0 Å². The molecule has 182 valence electrons. The monoisotopic (exact) mass is 463 g/mol. The quantitative estimate of drug-likeness (QED) is 0.589. The molecule has 3 atom stereocenters. The molecular formula is C28H37N3O3. The molecule has 2 aromatic rings. The largest absolute Gasteiger partial charge is 0.457 e. The Balaban J connectivity index is 1.58. The first kappa shape index (κ1) is 24.3. The predicted molar refractivity (Wildman–Crippen MR) is 134 cm³/mol. The van der Waals surface area contributed by atoms with Gasteiger partial charge in [0.05, 0.1) is 12.1 Å². The topological polar surface area (TPSA) is 70.7 Å². The zero-order valence-electron chi connectivity index (χ0n) is 20.3. The summed E-state index contributed by atoms with van der Waals surface area (Å²) in [6.45, 7) is 2.53. The lowest BCUT2D eigenvalue weighted by Gasteiger charge is -2.35. The van der Waals surface area contributed by atoms with Gasteiger partial charge in [-0.1, -0.05) is 55.7 Å². The number of amides is 2. The number of ether oxygens (including phenoxy) is 1. The maximum atomic E-state index is 14.0. The highest BCUT2D eigenvalue weighted by Gasteiger charge is 2.39. The molecule has 0 spiro atoms. The van der Waals surface area contributed by atoms with Gasteiger partial charge in [0.25, 0.3) is 0 Å². The van der Waals surface area contributed by atoms with Crippen LogP contribution in [0.4, 0.5) is 0 Å². The Morgan fingerprint density at radius 1 is 0.941 bits per heavy atom. The maximum Gasteiger partial charge on any atom is 0.245 e. The van der Waals surface area contributed by atoms with Crippen LogP contribution in [0.1, 0.15) is 63.5 Å². The minimum absolute atomic E-state index is 0.0422. The van der Waals surface area contributed by atoms with E-state index in [1.165, 1.54) is 6.42 Å². The molecule has 6 nitrogen and oxygen atoms in total. The van der Waals surface area contributed by atoms with Crippen molar-refractivity contribution in [2.75, 3.05) is 13.6 Å². The van der Waals surface area contributed by atoms with Crippen molar-refractivity contribution in [3.05, 3.63) is 60.2 Å². The van der Waals surface area contributed by atoms with E-state index in [1.54, 1.807) is 7.05 Å². The fourth-order valence-electron chi connectivity index (χ4n) is 5.25. The predicted octanol–water partition coefficient (Wildman–Crippen LogP) is 4.82. The lowest BCUT2D eigenvalue weighted by atomic mass is 9.83. The first-order valence-electron chi connectivity index (χ1n) is 12.7. The Labute approximate surface area is 203 Å². The Hall–Kier alpha value is -2.86. The van der Waals surface area contributed by atoms with Crippen molar-refractivity contribution in [3.63, 3.8) is 0 Å². The van der Waals surface area contributed by atoms with Gasteiger partial charge in [-0.05, 0) is 63.8 Å². The van der Waals surface area contributed by atoms with Crippen molar-refractivity contribution < 1.29 is 14.3 Å². The fourth-order valence-corrected chi connectivity index (χ4v) is 5.25. The van der Waals surface area contributed by atoms with Crippen LogP contribution in [0.2, 0.25) is 0 Å². The molecule has 1 saturated carbocycles. The summed E-state index contributed by atoms with van der Waals surface area (Å²) in [5.74, 6) is 1.67. The summed E-state index contributed by atoms with van der Waals surface area (Å²) < 4.78 is 6.22. The molecule has 2 aromatic carbocycles. The number of hydrogen-bond donors (Lipinski definition) is 2. The van der Waals surface area contributed by atoms with Gasteiger partial charge in [-0.3, -0.25) is 9.59 Å². The lowest BCUT2D eigenvalue weighted by Crippen LogP contribution is -2.55. The second-order valence-electron chi connectivity index (χ2n) is 9.54. The van der Waals surface area contributed by atoms with Crippen LogP contribution in [0.25, 0.3) is 0 Å². The molecule has 6 heteroatoms. The minimum atomic E-state index is -0.480. The number of carbonyl (C=O) groups excluding carboxylic acids is 2. The summed E-state index contributed by atoms with van der Waals surface area (Å²) in [4.78, 5) is 28.8. The molecule has 34 heavy (non-hydrogen) atoms. The Morgan fingerprint density at radius 3 is 2.38 bits per heavy atom. The Bertz CT molecular complexity index is 958. The smallest absolute Gasteiger partial charge is 0.245 e. The zero-order valence-corrected chi connectivity index (χ0v) is 20.3. The molecule has 4 rings (SSSR count). The first-order chi connectivity index (χ1) is 16.6. The van der Waals surface area contributed by atoms with Gasteiger partial charge in [0.1, 0.15) is 17.5 Å². The number of rotatable bonds is 8. The maximum absolute atomic E-state index is 14.0. The van der Waals surface area contributed by atoms with E-state index in [1.807, 2.05) is 60.4 Å². The van der Waals surface area contributed by atoms with Crippen molar-refractivity contribution in [2.45, 2.75) is 70.0 Å². The molecule has 0 bridgehead atoms. The van der Waals surface area contributed by atoms with Crippen LogP contribution in [0.15, 0.2) is 54.6 Å². The normalized spacial score (nSPS) is 20.5. The molecule has 2 fully saturated rings. The molecule has 1 heterocycles. The average Bonchev–Trinajstić information content (AvgIpc) is 3.37. The molecule has 2 amide bonds. The van der Waals surface area contributed by atoms with Crippen LogP contribution in [-0.2, 0) is 9.59 Å². The first-order valence-corrected chi connectivity index (χ1v) is 12.7. The molecule has 0 radical (unpaired) electrons. The summed E-state index contributed by atoms with van der Waals surface area (Å²) in [5.41, 5.74) is 1.02. The van der Waals surface area contributed by atoms with E-state index in [4.69, 9.17) is 4.74 Å². The van der Waals surface area contributed by atoms with Gasteiger partial charge in [0, 0.05) is 12.1 Å². The number of likely N-dealkylation sites (N-methyl/N-ethyl adjacent to an activating group) is 1. The third-order valence-corrected chi connectivity index (χ3v) is 7.30. The van der Waals surface area contributed by atoms with Gasteiger partial charge in [0.15, 0.2) is 0 Å². The van der Waals surface area contributed by atoms with E-state index in [-0.39, 0.29) is 29.8 Å². The Morgan fingerprint density at radius 2 is 1.65 bits per heavy atom.